The number of hydrogen-bond acceptors (Lipinski definition) is 4. The van der Waals surface area contributed by atoms with Crippen LogP contribution in [0.3, 0.4) is 0 Å². The van der Waals surface area contributed by atoms with E-state index in [1.54, 1.807) is 24.3 Å². The van der Waals surface area contributed by atoms with Crippen LogP contribution in [0.5, 0.6) is 11.5 Å². The van der Waals surface area contributed by atoms with Gasteiger partial charge in [0.15, 0.2) is 5.76 Å². The summed E-state index contributed by atoms with van der Waals surface area (Å²) in [6.07, 6.45) is 0. The van der Waals surface area contributed by atoms with Crippen molar-refractivity contribution >= 4 is 11.6 Å². The number of carbonyl (C=O) groups is 1. The lowest BCUT2D eigenvalue weighted by molar-refractivity contribution is 0.0992. The Labute approximate surface area is 139 Å². The maximum absolute atomic E-state index is 12.1. The van der Waals surface area contributed by atoms with E-state index >= 15 is 0 Å². The van der Waals surface area contributed by atoms with Gasteiger partial charge in [-0.3, -0.25) is 4.79 Å². The summed E-state index contributed by atoms with van der Waals surface area (Å²) < 4.78 is 11.1. The average molecular weight is 323 g/mol. The summed E-state index contributed by atoms with van der Waals surface area (Å²) in [4.78, 5) is 12.1. The number of carbonyl (C=O) groups excluding carboxylic acids is 1. The number of ether oxygens (including phenoxy) is 1. The predicted octanol–water partition coefficient (Wildman–Crippen LogP) is 4.12. The second-order valence-electron chi connectivity index (χ2n) is 5.37. The summed E-state index contributed by atoms with van der Waals surface area (Å²) in [5.41, 5.74) is 1.74. The van der Waals surface area contributed by atoms with Crippen molar-refractivity contribution in [3.05, 3.63) is 77.7 Å². The number of phenolic OH excluding ortho intramolecular Hbond substituents is 1. The molecule has 0 atom stereocenters. The van der Waals surface area contributed by atoms with Crippen LogP contribution in [0.4, 0.5) is 5.69 Å². The van der Waals surface area contributed by atoms with Gasteiger partial charge in [-0.25, -0.2) is 0 Å². The van der Waals surface area contributed by atoms with E-state index in [-0.39, 0.29) is 24.0 Å². The lowest BCUT2D eigenvalue weighted by Gasteiger charge is -2.05. The number of phenols is 1. The molecule has 0 aliphatic carbocycles. The molecule has 0 aliphatic rings. The Kier molecular flexibility index (Phi) is 4.52. The largest absolute Gasteiger partial charge is 0.508 e. The maximum Gasteiger partial charge on any atom is 0.291 e. The molecule has 0 aliphatic heterocycles. The highest BCUT2D eigenvalue weighted by atomic mass is 16.5. The van der Waals surface area contributed by atoms with Gasteiger partial charge in [0.1, 0.15) is 23.9 Å². The van der Waals surface area contributed by atoms with E-state index in [4.69, 9.17) is 9.15 Å². The van der Waals surface area contributed by atoms with Crippen LogP contribution in [-0.4, -0.2) is 11.0 Å². The summed E-state index contributed by atoms with van der Waals surface area (Å²) >= 11 is 0. The zero-order valence-electron chi connectivity index (χ0n) is 13.2. The van der Waals surface area contributed by atoms with Gasteiger partial charge < -0.3 is 19.6 Å². The Bertz CT molecular complexity index is 819. The molecule has 24 heavy (non-hydrogen) atoms. The average Bonchev–Trinajstić information content (AvgIpc) is 3.06. The molecule has 1 amide bonds. The van der Waals surface area contributed by atoms with E-state index in [2.05, 4.69) is 5.32 Å². The first-order valence-corrected chi connectivity index (χ1v) is 7.49. The molecule has 1 heterocycles. The van der Waals surface area contributed by atoms with Crippen LogP contribution >= 0.6 is 0 Å². The molecular formula is C19H17NO4. The number of anilines is 1. The zero-order chi connectivity index (χ0) is 16.9. The van der Waals surface area contributed by atoms with Gasteiger partial charge in [-0.1, -0.05) is 17.7 Å². The maximum atomic E-state index is 12.1. The van der Waals surface area contributed by atoms with E-state index < -0.39 is 0 Å². The molecule has 0 fully saturated rings. The number of benzene rings is 2. The van der Waals surface area contributed by atoms with Gasteiger partial charge in [-0.05, 0) is 55.5 Å². The predicted molar refractivity (Wildman–Crippen MR) is 90.3 cm³/mol. The molecule has 3 aromatic rings. The van der Waals surface area contributed by atoms with E-state index in [0.29, 0.717) is 11.4 Å². The third kappa shape index (κ3) is 3.95. The van der Waals surface area contributed by atoms with Crippen molar-refractivity contribution in [1.82, 2.24) is 0 Å². The first-order chi connectivity index (χ1) is 11.6. The van der Waals surface area contributed by atoms with Gasteiger partial charge >= 0.3 is 0 Å². The van der Waals surface area contributed by atoms with Gasteiger partial charge in [0.2, 0.25) is 0 Å². The molecule has 0 saturated carbocycles. The van der Waals surface area contributed by atoms with E-state index in [1.807, 2.05) is 31.2 Å². The Hall–Kier alpha value is -3.21. The number of aryl methyl sites for hydroxylation is 1. The molecule has 0 spiro atoms. The smallest absolute Gasteiger partial charge is 0.291 e. The molecule has 122 valence electrons. The molecule has 0 unspecified atom stereocenters. The highest BCUT2D eigenvalue weighted by molar-refractivity contribution is 6.02. The molecular weight excluding hydrogens is 306 g/mol. The zero-order valence-corrected chi connectivity index (χ0v) is 13.2. The number of aromatic hydroxyl groups is 1. The fourth-order valence-corrected chi connectivity index (χ4v) is 2.10. The first kappa shape index (κ1) is 15.7. The van der Waals surface area contributed by atoms with Gasteiger partial charge in [0, 0.05) is 5.69 Å². The number of rotatable bonds is 5. The molecule has 5 nitrogen and oxygen atoms in total. The van der Waals surface area contributed by atoms with Gasteiger partial charge in [0.25, 0.3) is 5.91 Å². The summed E-state index contributed by atoms with van der Waals surface area (Å²) in [5.74, 6) is 1.29. The third-order valence-electron chi connectivity index (χ3n) is 3.41. The molecule has 0 bridgehead atoms. The van der Waals surface area contributed by atoms with Crippen LogP contribution in [0, 0.1) is 6.92 Å². The number of amides is 1. The number of nitrogens with one attached hydrogen (secondary N) is 1. The van der Waals surface area contributed by atoms with Crippen LogP contribution in [0.1, 0.15) is 21.9 Å². The quantitative estimate of drug-likeness (QED) is 0.693. The van der Waals surface area contributed by atoms with E-state index in [0.717, 1.165) is 11.3 Å². The van der Waals surface area contributed by atoms with Crippen molar-refractivity contribution in [2.24, 2.45) is 0 Å². The summed E-state index contributed by atoms with van der Waals surface area (Å²) in [6.45, 7) is 2.25. The van der Waals surface area contributed by atoms with Crippen molar-refractivity contribution in [1.29, 1.82) is 0 Å². The minimum Gasteiger partial charge on any atom is -0.508 e. The minimum absolute atomic E-state index is 0.140. The fourth-order valence-electron chi connectivity index (χ4n) is 2.10. The van der Waals surface area contributed by atoms with Crippen LogP contribution < -0.4 is 10.1 Å². The molecule has 0 radical (unpaired) electrons. The molecule has 2 aromatic carbocycles. The topological polar surface area (TPSA) is 71.7 Å². The van der Waals surface area contributed by atoms with Crippen LogP contribution in [0.15, 0.2) is 65.1 Å². The van der Waals surface area contributed by atoms with E-state index in [1.165, 1.54) is 12.1 Å². The minimum atomic E-state index is -0.359. The third-order valence-corrected chi connectivity index (χ3v) is 3.41. The highest BCUT2D eigenvalue weighted by Gasteiger charge is 2.12. The second-order valence-corrected chi connectivity index (χ2v) is 5.37. The summed E-state index contributed by atoms with van der Waals surface area (Å²) in [5, 5.41) is 11.9. The van der Waals surface area contributed by atoms with Crippen molar-refractivity contribution in [3.8, 4) is 11.5 Å². The van der Waals surface area contributed by atoms with Crippen molar-refractivity contribution in [2.45, 2.75) is 13.5 Å². The molecule has 3 rings (SSSR count). The van der Waals surface area contributed by atoms with Crippen molar-refractivity contribution < 1.29 is 19.1 Å². The summed E-state index contributed by atoms with van der Waals surface area (Å²) in [6, 6.07) is 17.2. The van der Waals surface area contributed by atoms with Crippen molar-refractivity contribution in [3.63, 3.8) is 0 Å². The van der Waals surface area contributed by atoms with Crippen molar-refractivity contribution in [2.75, 3.05) is 5.32 Å². The lowest BCUT2D eigenvalue weighted by Crippen LogP contribution is -2.10. The van der Waals surface area contributed by atoms with Crippen LogP contribution in [0.25, 0.3) is 0 Å². The van der Waals surface area contributed by atoms with Gasteiger partial charge in [-0.15, -0.1) is 0 Å². The Morgan fingerprint density at radius 2 is 1.75 bits per heavy atom. The molecule has 1 aromatic heterocycles. The first-order valence-electron chi connectivity index (χ1n) is 7.49. The molecule has 5 heteroatoms. The monoisotopic (exact) mass is 323 g/mol. The highest BCUT2D eigenvalue weighted by Crippen LogP contribution is 2.17. The van der Waals surface area contributed by atoms with Crippen LogP contribution in [0.2, 0.25) is 0 Å². The Morgan fingerprint density at radius 1 is 1.04 bits per heavy atom. The standard InChI is InChI=1S/C19H17NO4/c1-13-2-8-16(9-3-13)23-12-17-10-11-18(24-17)19(22)20-14-4-6-15(21)7-5-14/h2-11,21H,12H2,1H3,(H,20,22). The van der Waals surface area contributed by atoms with Gasteiger partial charge in [0.05, 0.1) is 0 Å². The summed E-state index contributed by atoms with van der Waals surface area (Å²) in [7, 11) is 0. The van der Waals surface area contributed by atoms with E-state index in [9.17, 15) is 9.90 Å². The molecule has 0 saturated heterocycles. The normalized spacial score (nSPS) is 10.4. The SMILES string of the molecule is Cc1ccc(OCc2ccc(C(=O)Nc3ccc(O)cc3)o2)cc1. The molecule has 2 N–H and O–H groups in total. The second kappa shape index (κ2) is 6.91. The number of hydrogen-bond donors (Lipinski definition) is 2. The fraction of sp³-hybridized carbons (Fsp3) is 0.105. The van der Waals surface area contributed by atoms with Crippen LogP contribution in [-0.2, 0) is 6.61 Å². The Balaban J connectivity index is 1.59. The Morgan fingerprint density at radius 3 is 2.46 bits per heavy atom. The van der Waals surface area contributed by atoms with Gasteiger partial charge in [-0.2, -0.15) is 0 Å². The number of furan rings is 1. The lowest BCUT2D eigenvalue weighted by atomic mass is 10.2.